The van der Waals surface area contributed by atoms with Crippen LogP contribution in [0.1, 0.15) is 17.6 Å². The van der Waals surface area contributed by atoms with Crippen molar-refractivity contribution in [1.82, 2.24) is 4.98 Å². The van der Waals surface area contributed by atoms with Crippen molar-refractivity contribution in [3.05, 3.63) is 54.0 Å². The highest BCUT2D eigenvalue weighted by Gasteiger charge is 2.11. The van der Waals surface area contributed by atoms with Gasteiger partial charge in [0.2, 0.25) is 0 Å². The first kappa shape index (κ1) is 9.86. The second kappa shape index (κ2) is 4.23. The molecule has 2 rings (SSSR count). The summed E-state index contributed by atoms with van der Waals surface area (Å²) < 4.78 is 17.7. The minimum Gasteiger partial charge on any atom is -0.469 e. The van der Waals surface area contributed by atoms with Gasteiger partial charge in [0.1, 0.15) is 17.7 Å². The van der Waals surface area contributed by atoms with Crippen LogP contribution in [0.15, 0.2) is 41.1 Å². The standard InChI is InChI=1S/C11H10FNO2/c12-8-3-4-10(13-7-8)11(14)6-9-2-1-5-15-9/h1-5,7,11,14H,6H2. The number of hydrogen-bond donors (Lipinski definition) is 1. The Bertz CT molecular complexity index is 411. The average Bonchev–Trinajstić information content (AvgIpc) is 2.71. The van der Waals surface area contributed by atoms with Crippen molar-refractivity contribution in [3.8, 4) is 0 Å². The number of halogens is 1. The Labute approximate surface area is 86.2 Å². The van der Waals surface area contributed by atoms with E-state index in [-0.39, 0.29) is 0 Å². The third-order valence-corrected chi connectivity index (χ3v) is 2.07. The normalized spacial score (nSPS) is 12.7. The maximum Gasteiger partial charge on any atom is 0.141 e. The quantitative estimate of drug-likeness (QED) is 0.838. The van der Waals surface area contributed by atoms with E-state index >= 15 is 0 Å². The number of furan rings is 1. The van der Waals surface area contributed by atoms with Gasteiger partial charge < -0.3 is 9.52 Å². The largest absolute Gasteiger partial charge is 0.469 e. The molecule has 0 aliphatic rings. The lowest BCUT2D eigenvalue weighted by Gasteiger charge is -2.07. The first-order valence-corrected chi connectivity index (χ1v) is 4.57. The minimum absolute atomic E-state index is 0.339. The van der Waals surface area contributed by atoms with Crippen LogP contribution in [0.5, 0.6) is 0 Å². The SMILES string of the molecule is OC(Cc1ccco1)c1ccc(F)cn1. The smallest absolute Gasteiger partial charge is 0.141 e. The average molecular weight is 207 g/mol. The first-order valence-electron chi connectivity index (χ1n) is 4.57. The summed E-state index contributed by atoms with van der Waals surface area (Å²) in [6.45, 7) is 0. The van der Waals surface area contributed by atoms with Gasteiger partial charge in [-0.15, -0.1) is 0 Å². The van der Waals surface area contributed by atoms with Crippen molar-refractivity contribution in [3.63, 3.8) is 0 Å². The van der Waals surface area contributed by atoms with E-state index < -0.39 is 11.9 Å². The van der Waals surface area contributed by atoms with Gasteiger partial charge in [-0.05, 0) is 24.3 Å². The molecule has 1 N–H and O–H groups in total. The molecule has 4 heteroatoms. The summed E-state index contributed by atoms with van der Waals surface area (Å²) in [6, 6.07) is 6.25. The van der Waals surface area contributed by atoms with E-state index in [1.807, 2.05) is 0 Å². The highest BCUT2D eigenvalue weighted by atomic mass is 19.1. The molecule has 2 aromatic heterocycles. The number of nitrogens with zero attached hydrogens (tertiary/aromatic N) is 1. The maximum absolute atomic E-state index is 12.6. The first-order chi connectivity index (χ1) is 7.25. The minimum atomic E-state index is -0.767. The molecule has 0 saturated carbocycles. The van der Waals surface area contributed by atoms with Crippen LogP contribution in [0.25, 0.3) is 0 Å². The predicted octanol–water partition coefficient (Wildman–Crippen LogP) is 2.09. The molecule has 0 aromatic carbocycles. The van der Waals surface area contributed by atoms with Gasteiger partial charge in [0, 0.05) is 6.42 Å². The zero-order chi connectivity index (χ0) is 10.7. The molecule has 3 nitrogen and oxygen atoms in total. The zero-order valence-corrected chi connectivity index (χ0v) is 7.93. The number of aromatic nitrogens is 1. The number of pyridine rings is 1. The van der Waals surface area contributed by atoms with Crippen molar-refractivity contribution >= 4 is 0 Å². The molecule has 0 bridgehead atoms. The van der Waals surface area contributed by atoms with Gasteiger partial charge in [0.05, 0.1) is 18.2 Å². The maximum atomic E-state index is 12.6. The molecule has 1 atom stereocenters. The van der Waals surface area contributed by atoms with E-state index in [1.54, 1.807) is 18.4 Å². The Balaban J connectivity index is 2.08. The van der Waals surface area contributed by atoms with E-state index in [1.165, 1.54) is 12.1 Å². The number of aliphatic hydroxyl groups excluding tert-OH is 1. The molecule has 2 aromatic rings. The molecule has 0 spiro atoms. The van der Waals surface area contributed by atoms with Crippen LogP contribution in [0, 0.1) is 5.82 Å². The fourth-order valence-electron chi connectivity index (χ4n) is 1.31. The van der Waals surface area contributed by atoms with E-state index in [9.17, 15) is 9.50 Å². The molecular weight excluding hydrogens is 197 g/mol. The van der Waals surface area contributed by atoms with E-state index in [4.69, 9.17) is 4.42 Å². The molecule has 1 unspecified atom stereocenters. The molecule has 0 radical (unpaired) electrons. The summed E-state index contributed by atoms with van der Waals surface area (Å²) >= 11 is 0. The second-order valence-electron chi connectivity index (χ2n) is 3.20. The zero-order valence-electron chi connectivity index (χ0n) is 7.93. The Morgan fingerprint density at radius 3 is 2.87 bits per heavy atom. The van der Waals surface area contributed by atoms with Crippen LogP contribution in [0.3, 0.4) is 0 Å². The molecule has 0 fully saturated rings. The van der Waals surface area contributed by atoms with Crippen molar-refractivity contribution in [2.75, 3.05) is 0 Å². The third-order valence-electron chi connectivity index (χ3n) is 2.07. The predicted molar refractivity (Wildman–Crippen MR) is 51.6 cm³/mol. The molecular formula is C11H10FNO2. The summed E-state index contributed by atoms with van der Waals surface area (Å²) in [5, 5.41) is 9.74. The van der Waals surface area contributed by atoms with E-state index in [0.29, 0.717) is 17.9 Å². The van der Waals surface area contributed by atoms with Gasteiger partial charge in [-0.2, -0.15) is 0 Å². The topological polar surface area (TPSA) is 46.3 Å². The summed E-state index contributed by atoms with van der Waals surface area (Å²) in [5.41, 5.74) is 0.438. The van der Waals surface area contributed by atoms with Gasteiger partial charge in [0.15, 0.2) is 0 Å². The Kier molecular flexibility index (Phi) is 2.78. The van der Waals surface area contributed by atoms with Crippen molar-refractivity contribution in [1.29, 1.82) is 0 Å². The third kappa shape index (κ3) is 2.41. The number of aliphatic hydroxyl groups is 1. The highest BCUT2D eigenvalue weighted by Crippen LogP contribution is 2.16. The van der Waals surface area contributed by atoms with E-state index in [0.717, 1.165) is 6.20 Å². The van der Waals surface area contributed by atoms with Crippen molar-refractivity contribution < 1.29 is 13.9 Å². The van der Waals surface area contributed by atoms with Crippen LogP contribution in [0.4, 0.5) is 4.39 Å². The fraction of sp³-hybridized carbons (Fsp3) is 0.182. The van der Waals surface area contributed by atoms with Crippen LogP contribution < -0.4 is 0 Å². The summed E-state index contributed by atoms with van der Waals surface area (Å²) in [4.78, 5) is 3.79. The lowest BCUT2D eigenvalue weighted by Crippen LogP contribution is -2.03. The van der Waals surface area contributed by atoms with Gasteiger partial charge in [0.25, 0.3) is 0 Å². The Morgan fingerprint density at radius 2 is 2.27 bits per heavy atom. The van der Waals surface area contributed by atoms with Gasteiger partial charge in [-0.25, -0.2) is 4.39 Å². The van der Waals surface area contributed by atoms with Gasteiger partial charge >= 0.3 is 0 Å². The van der Waals surface area contributed by atoms with Gasteiger partial charge in [-0.1, -0.05) is 0 Å². The molecule has 78 valence electrons. The van der Waals surface area contributed by atoms with Gasteiger partial charge in [-0.3, -0.25) is 4.98 Å². The highest BCUT2D eigenvalue weighted by molar-refractivity contribution is 5.11. The molecule has 15 heavy (non-hydrogen) atoms. The summed E-state index contributed by atoms with van der Waals surface area (Å²) in [5.74, 6) is 0.262. The molecule has 2 heterocycles. The van der Waals surface area contributed by atoms with Crippen molar-refractivity contribution in [2.45, 2.75) is 12.5 Å². The molecule has 0 saturated heterocycles. The van der Waals surface area contributed by atoms with Crippen LogP contribution >= 0.6 is 0 Å². The molecule has 0 aliphatic carbocycles. The van der Waals surface area contributed by atoms with Crippen LogP contribution in [-0.4, -0.2) is 10.1 Å². The monoisotopic (exact) mass is 207 g/mol. The van der Waals surface area contributed by atoms with Crippen LogP contribution in [-0.2, 0) is 6.42 Å². The molecule has 0 amide bonds. The number of hydrogen-bond acceptors (Lipinski definition) is 3. The lowest BCUT2D eigenvalue weighted by molar-refractivity contribution is 0.165. The second-order valence-corrected chi connectivity index (χ2v) is 3.20. The van der Waals surface area contributed by atoms with Crippen LogP contribution in [0.2, 0.25) is 0 Å². The molecule has 0 aliphatic heterocycles. The lowest BCUT2D eigenvalue weighted by atomic mass is 10.1. The Hall–Kier alpha value is -1.68. The summed E-state index contributed by atoms with van der Waals surface area (Å²) in [7, 11) is 0. The van der Waals surface area contributed by atoms with Crippen molar-refractivity contribution in [2.24, 2.45) is 0 Å². The number of rotatable bonds is 3. The van der Waals surface area contributed by atoms with E-state index in [2.05, 4.69) is 4.98 Å². The Morgan fingerprint density at radius 1 is 1.40 bits per heavy atom. The summed E-state index contributed by atoms with van der Waals surface area (Å²) in [6.07, 6.45) is 2.20. The fourth-order valence-corrected chi connectivity index (χ4v) is 1.31.